The van der Waals surface area contributed by atoms with Gasteiger partial charge in [0.05, 0.1) is 6.04 Å². The molecule has 0 spiro atoms. The third-order valence-corrected chi connectivity index (χ3v) is 5.34. The Labute approximate surface area is 193 Å². The van der Waals surface area contributed by atoms with E-state index >= 15 is 0 Å². The van der Waals surface area contributed by atoms with E-state index in [0.717, 1.165) is 16.7 Å². The number of carboxylic acids is 2. The zero-order valence-corrected chi connectivity index (χ0v) is 19.5. The summed E-state index contributed by atoms with van der Waals surface area (Å²) in [4.78, 5) is 58.2. The van der Waals surface area contributed by atoms with Crippen LogP contribution in [0.1, 0.15) is 66.1 Å². The van der Waals surface area contributed by atoms with E-state index in [-0.39, 0.29) is 25.2 Å². The quantitative estimate of drug-likeness (QED) is 0.280. The SMILES string of the molecule is CC(=O)[C@H](CCC(=O)O)NC(=O)N[C@@H](CCCCNC(=O)c1cc(C)c(C)cc1C)C(=O)O. The first-order chi connectivity index (χ1) is 15.4. The molecule has 0 unspecified atom stereocenters. The van der Waals surface area contributed by atoms with Gasteiger partial charge >= 0.3 is 18.0 Å². The van der Waals surface area contributed by atoms with Crippen molar-refractivity contribution in [2.75, 3.05) is 6.54 Å². The number of carboxylic acid groups (broad SMARTS) is 2. The lowest BCUT2D eigenvalue weighted by Gasteiger charge is -2.19. The van der Waals surface area contributed by atoms with Gasteiger partial charge in [-0.05, 0) is 76.1 Å². The number of carbonyl (C=O) groups excluding carboxylic acids is 3. The third-order valence-electron chi connectivity index (χ3n) is 5.34. The van der Waals surface area contributed by atoms with Crippen molar-refractivity contribution in [3.05, 3.63) is 34.4 Å². The molecule has 0 aliphatic carbocycles. The fraction of sp³-hybridized carbons (Fsp3) is 0.522. The third kappa shape index (κ3) is 9.71. The molecule has 0 heterocycles. The molecule has 2 atom stereocenters. The molecule has 0 bridgehead atoms. The molecule has 1 aromatic rings. The fourth-order valence-electron chi connectivity index (χ4n) is 3.24. The maximum Gasteiger partial charge on any atom is 0.326 e. The minimum absolute atomic E-state index is 0.0878. The van der Waals surface area contributed by atoms with Crippen molar-refractivity contribution in [3.8, 4) is 0 Å². The number of Topliss-reactive ketones (excluding diaryl/α,β-unsaturated/α-hetero) is 1. The molecule has 5 N–H and O–H groups in total. The van der Waals surface area contributed by atoms with Crippen LogP contribution >= 0.6 is 0 Å². The number of ketones is 1. The van der Waals surface area contributed by atoms with Crippen LogP contribution in [-0.2, 0) is 14.4 Å². The second-order valence-electron chi connectivity index (χ2n) is 8.11. The van der Waals surface area contributed by atoms with Crippen molar-refractivity contribution >= 4 is 29.7 Å². The van der Waals surface area contributed by atoms with Crippen LogP contribution in [0, 0.1) is 20.8 Å². The van der Waals surface area contributed by atoms with Gasteiger partial charge in [-0.2, -0.15) is 0 Å². The Balaban J connectivity index is 2.49. The summed E-state index contributed by atoms with van der Waals surface area (Å²) in [5, 5.41) is 25.5. The van der Waals surface area contributed by atoms with Crippen molar-refractivity contribution in [3.63, 3.8) is 0 Å². The van der Waals surface area contributed by atoms with Crippen LogP contribution in [0.25, 0.3) is 0 Å². The van der Waals surface area contributed by atoms with Crippen LogP contribution < -0.4 is 16.0 Å². The van der Waals surface area contributed by atoms with Gasteiger partial charge in [-0.1, -0.05) is 6.07 Å². The maximum atomic E-state index is 12.4. The Morgan fingerprint density at radius 3 is 2.03 bits per heavy atom. The number of hydrogen-bond donors (Lipinski definition) is 5. The van der Waals surface area contributed by atoms with E-state index in [9.17, 15) is 29.1 Å². The van der Waals surface area contributed by atoms with E-state index in [0.29, 0.717) is 24.9 Å². The lowest BCUT2D eigenvalue weighted by atomic mass is 10.0. The van der Waals surface area contributed by atoms with Crippen molar-refractivity contribution in [2.24, 2.45) is 0 Å². The Morgan fingerprint density at radius 2 is 1.45 bits per heavy atom. The molecule has 0 saturated carbocycles. The molecule has 0 aliphatic heterocycles. The highest BCUT2D eigenvalue weighted by Crippen LogP contribution is 2.15. The minimum Gasteiger partial charge on any atom is -0.481 e. The fourth-order valence-corrected chi connectivity index (χ4v) is 3.24. The van der Waals surface area contributed by atoms with E-state index in [1.165, 1.54) is 6.92 Å². The van der Waals surface area contributed by atoms with Crippen LogP contribution in [0.5, 0.6) is 0 Å². The van der Waals surface area contributed by atoms with Gasteiger partial charge in [-0.3, -0.25) is 14.4 Å². The monoisotopic (exact) mass is 463 g/mol. The van der Waals surface area contributed by atoms with Crippen molar-refractivity contribution < 1.29 is 34.2 Å². The first kappa shape index (κ1) is 27.6. The van der Waals surface area contributed by atoms with Gasteiger partial charge in [0, 0.05) is 18.5 Å². The van der Waals surface area contributed by atoms with Gasteiger partial charge < -0.3 is 26.2 Å². The van der Waals surface area contributed by atoms with Gasteiger partial charge in [-0.15, -0.1) is 0 Å². The first-order valence-electron chi connectivity index (χ1n) is 10.8. The van der Waals surface area contributed by atoms with Crippen molar-refractivity contribution in [1.82, 2.24) is 16.0 Å². The van der Waals surface area contributed by atoms with E-state index < -0.39 is 35.8 Å². The molecule has 0 saturated heterocycles. The highest BCUT2D eigenvalue weighted by molar-refractivity contribution is 5.96. The summed E-state index contributed by atoms with van der Waals surface area (Å²) in [7, 11) is 0. The summed E-state index contributed by atoms with van der Waals surface area (Å²) >= 11 is 0. The topological polar surface area (TPSA) is 162 Å². The molecule has 10 heteroatoms. The predicted molar refractivity (Wildman–Crippen MR) is 121 cm³/mol. The number of urea groups is 1. The second-order valence-corrected chi connectivity index (χ2v) is 8.11. The van der Waals surface area contributed by atoms with Gasteiger partial charge in [0.1, 0.15) is 6.04 Å². The van der Waals surface area contributed by atoms with Crippen LogP contribution in [0.15, 0.2) is 12.1 Å². The number of amides is 3. The molecule has 33 heavy (non-hydrogen) atoms. The Hall–Kier alpha value is -3.43. The molecule has 182 valence electrons. The van der Waals surface area contributed by atoms with Gasteiger partial charge in [-0.25, -0.2) is 9.59 Å². The van der Waals surface area contributed by atoms with Crippen LogP contribution in [0.2, 0.25) is 0 Å². The number of rotatable bonds is 13. The molecule has 0 aliphatic rings. The standard InChI is InChI=1S/C23H33N3O7/c1-13-11-15(3)17(12-14(13)2)21(30)24-10-6-5-7-19(22(31)32)26-23(33)25-18(16(4)27)8-9-20(28)29/h11-12,18-19H,5-10H2,1-4H3,(H,24,30)(H,28,29)(H,31,32)(H2,25,26,33)/t18-,19-/m0/s1. The number of unbranched alkanes of at least 4 members (excludes halogenated alkanes) is 1. The first-order valence-corrected chi connectivity index (χ1v) is 10.8. The zero-order chi connectivity index (χ0) is 25.1. The second kappa shape index (κ2) is 13.2. The number of hydrogen-bond acceptors (Lipinski definition) is 5. The summed E-state index contributed by atoms with van der Waals surface area (Å²) in [5.41, 5.74) is 3.61. The Morgan fingerprint density at radius 1 is 0.848 bits per heavy atom. The van der Waals surface area contributed by atoms with Crippen molar-refractivity contribution in [1.29, 1.82) is 0 Å². The summed E-state index contributed by atoms with van der Waals surface area (Å²) in [5.74, 6) is -2.95. The van der Waals surface area contributed by atoms with Crippen LogP contribution in [0.3, 0.4) is 0 Å². The predicted octanol–water partition coefficient (Wildman–Crippen LogP) is 2.09. The number of benzene rings is 1. The van der Waals surface area contributed by atoms with E-state index in [1.807, 2.05) is 32.9 Å². The van der Waals surface area contributed by atoms with E-state index in [4.69, 9.17) is 5.11 Å². The molecular formula is C23H33N3O7. The molecule has 1 aromatic carbocycles. The molecule has 0 aromatic heterocycles. The van der Waals surface area contributed by atoms with Gasteiger partial charge in [0.2, 0.25) is 0 Å². The number of carbonyl (C=O) groups is 5. The Bertz CT molecular complexity index is 898. The summed E-state index contributed by atoms with van der Waals surface area (Å²) in [6.45, 7) is 7.35. The summed E-state index contributed by atoms with van der Waals surface area (Å²) in [6.07, 6.45) is 0.674. The molecule has 0 fully saturated rings. The highest BCUT2D eigenvalue weighted by atomic mass is 16.4. The Kier molecular flexibility index (Phi) is 11.0. The van der Waals surface area contributed by atoms with E-state index in [1.54, 1.807) is 0 Å². The minimum atomic E-state index is -1.23. The van der Waals surface area contributed by atoms with Crippen molar-refractivity contribution in [2.45, 2.75) is 71.9 Å². The van der Waals surface area contributed by atoms with E-state index in [2.05, 4.69) is 16.0 Å². The van der Waals surface area contributed by atoms with Gasteiger partial charge in [0.25, 0.3) is 5.91 Å². The zero-order valence-electron chi connectivity index (χ0n) is 19.5. The molecule has 1 rings (SSSR count). The maximum absolute atomic E-state index is 12.4. The lowest BCUT2D eigenvalue weighted by molar-refractivity contribution is -0.139. The summed E-state index contributed by atoms with van der Waals surface area (Å²) in [6, 6.07) is 0.741. The number of nitrogens with one attached hydrogen (secondary N) is 3. The largest absolute Gasteiger partial charge is 0.481 e. The lowest BCUT2D eigenvalue weighted by Crippen LogP contribution is -2.50. The van der Waals surface area contributed by atoms with Gasteiger partial charge in [0.15, 0.2) is 5.78 Å². The van der Waals surface area contributed by atoms with Crippen LogP contribution in [0.4, 0.5) is 4.79 Å². The number of aliphatic carboxylic acids is 2. The number of aryl methyl sites for hydroxylation is 3. The molecule has 0 radical (unpaired) electrons. The molecular weight excluding hydrogens is 430 g/mol. The highest BCUT2D eigenvalue weighted by Gasteiger charge is 2.23. The summed E-state index contributed by atoms with van der Waals surface area (Å²) < 4.78 is 0. The average molecular weight is 464 g/mol. The smallest absolute Gasteiger partial charge is 0.326 e. The molecule has 3 amide bonds. The normalized spacial score (nSPS) is 12.4. The van der Waals surface area contributed by atoms with Crippen LogP contribution in [-0.4, -0.2) is 58.5 Å². The average Bonchev–Trinajstić information content (AvgIpc) is 2.71. The molecule has 10 nitrogen and oxygen atoms in total.